The van der Waals surface area contributed by atoms with Crippen molar-refractivity contribution >= 4 is 5.97 Å². The van der Waals surface area contributed by atoms with Crippen molar-refractivity contribution in [1.82, 2.24) is 0 Å². The Morgan fingerprint density at radius 3 is 2.50 bits per heavy atom. The lowest BCUT2D eigenvalue weighted by Crippen LogP contribution is -2.10. The zero-order valence-electron chi connectivity index (χ0n) is 16.7. The minimum absolute atomic E-state index is 0.119. The molecule has 0 heterocycles. The lowest BCUT2D eigenvalue weighted by Gasteiger charge is -2.09. The average Bonchev–Trinajstić information content (AvgIpc) is 3.15. The van der Waals surface area contributed by atoms with Gasteiger partial charge in [-0.25, -0.2) is 0 Å². The molecule has 0 spiro atoms. The van der Waals surface area contributed by atoms with Gasteiger partial charge in [0.25, 0.3) is 0 Å². The van der Waals surface area contributed by atoms with Crippen LogP contribution in [0.2, 0.25) is 0 Å². The standard InChI is InChI=1S/C23H26O3/c1-16(2)13-20-21(23(20,3)4)22(24)25-15-17-9-8-12-19(14-17)26-18-10-6-5-7-11-18/h5-14,20-21H,15H2,1-4H3/t20-,21+/m1/s1/i15D/t15?,20-,21+. The molecule has 0 saturated heterocycles. The number of carbonyl (C=O) groups is 1. The van der Waals surface area contributed by atoms with Crippen LogP contribution in [0.3, 0.4) is 0 Å². The summed E-state index contributed by atoms with van der Waals surface area (Å²) in [5.74, 6) is 1.01. The summed E-state index contributed by atoms with van der Waals surface area (Å²) in [5, 5.41) is 0. The van der Waals surface area contributed by atoms with Crippen molar-refractivity contribution in [3.63, 3.8) is 0 Å². The van der Waals surface area contributed by atoms with Crippen molar-refractivity contribution in [3.8, 4) is 11.5 Å². The molecule has 0 aliphatic heterocycles. The quantitative estimate of drug-likeness (QED) is 0.490. The van der Waals surface area contributed by atoms with Crippen LogP contribution in [-0.2, 0) is 16.1 Å². The lowest BCUT2D eigenvalue weighted by atomic mass is 10.1. The number of carbonyl (C=O) groups excluding carboxylic acids is 1. The van der Waals surface area contributed by atoms with E-state index in [1.165, 1.54) is 5.57 Å². The maximum atomic E-state index is 12.6. The van der Waals surface area contributed by atoms with E-state index in [-0.39, 0.29) is 23.2 Å². The predicted molar refractivity (Wildman–Crippen MR) is 103 cm³/mol. The molecule has 0 amide bonds. The first kappa shape index (κ1) is 16.9. The van der Waals surface area contributed by atoms with Crippen LogP contribution >= 0.6 is 0 Å². The van der Waals surface area contributed by atoms with Gasteiger partial charge in [0, 0.05) is 0 Å². The maximum Gasteiger partial charge on any atom is 0.310 e. The minimum atomic E-state index is -1.07. The summed E-state index contributed by atoms with van der Waals surface area (Å²) in [5.41, 5.74) is 1.66. The first-order valence-electron chi connectivity index (χ1n) is 9.47. The van der Waals surface area contributed by atoms with Gasteiger partial charge in [-0.3, -0.25) is 4.79 Å². The van der Waals surface area contributed by atoms with Gasteiger partial charge in [-0.1, -0.05) is 55.8 Å². The van der Waals surface area contributed by atoms with Gasteiger partial charge in [-0.2, -0.15) is 0 Å². The molecule has 3 rings (SSSR count). The zero-order chi connectivity index (χ0) is 19.6. The predicted octanol–water partition coefficient (Wildman–Crippen LogP) is 5.76. The van der Waals surface area contributed by atoms with Gasteiger partial charge in [-0.15, -0.1) is 0 Å². The van der Waals surface area contributed by atoms with E-state index >= 15 is 0 Å². The number of ether oxygens (including phenoxy) is 2. The number of para-hydroxylation sites is 1. The zero-order valence-corrected chi connectivity index (χ0v) is 15.7. The van der Waals surface area contributed by atoms with Crippen LogP contribution in [0.15, 0.2) is 66.2 Å². The van der Waals surface area contributed by atoms with Gasteiger partial charge in [0.15, 0.2) is 0 Å². The van der Waals surface area contributed by atoms with Crippen molar-refractivity contribution in [2.24, 2.45) is 17.3 Å². The highest BCUT2D eigenvalue weighted by Crippen LogP contribution is 2.59. The topological polar surface area (TPSA) is 35.5 Å². The highest BCUT2D eigenvalue weighted by molar-refractivity contribution is 5.78. The molecule has 0 bridgehead atoms. The van der Waals surface area contributed by atoms with E-state index in [2.05, 4.69) is 19.9 Å². The molecule has 1 aliphatic rings. The molecule has 1 unspecified atom stereocenters. The Bertz CT molecular complexity index is 838. The van der Waals surface area contributed by atoms with Crippen LogP contribution in [0.4, 0.5) is 0 Å². The highest BCUT2D eigenvalue weighted by Gasteiger charge is 2.61. The minimum Gasteiger partial charge on any atom is -0.461 e. The molecule has 26 heavy (non-hydrogen) atoms. The summed E-state index contributed by atoms with van der Waals surface area (Å²) >= 11 is 0. The Morgan fingerprint density at radius 2 is 1.81 bits per heavy atom. The third kappa shape index (κ3) is 4.16. The molecular weight excluding hydrogens is 324 g/mol. The number of benzene rings is 2. The number of allylic oxidation sites excluding steroid dienone is 2. The fraction of sp³-hybridized carbons (Fsp3) is 0.348. The van der Waals surface area contributed by atoms with Crippen molar-refractivity contribution < 1.29 is 15.6 Å². The third-order valence-electron chi connectivity index (χ3n) is 4.83. The molecule has 1 saturated carbocycles. The van der Waals surface area contributed by atoms with Crippen molar-refractivity contribution in [1.29, 1.82) is 0 Å². The summed E-state index contributed by atoms with van der Waals surface area (Å²) in [6.07, 6.45) is 2.12. The molecule has 2 aromatic rings. The van der Waals surface area contributed by atoms with Crippen LogP contribution in [0.5, 0.6) is 11.5 Å². The van der Waals surface area contributed by atoms with Crippen LogP contribution in [-0.4, -0.2) is 5.97 Å². The van der Waals surface area contributed by atoms with E-state index < -0.39 is 6.58 Å². The normalized spacial score (nSPS) is 21.9. The molecule has 2 aromatic carbocycles. The number of hydrogen-bond acceptors (Lipinski definition) is 3. The molecule has 0 N–H and O–H groups in total. The largest absolute Gasteiger partial charge is 0.461 e. The first-order chi connectivity index (χ1) is 12.8. The highest BCUT2D eigenvalue weighted by atomic mass is 16.5. The van der Waals surface area contributed by atoms with Gasteiger partial charge in [0.2, 0.25) is 0 Å². The summed E-state index contributed by atoms with van der Waals surface area (Å²) < 4.78 is 19.5. The Kier molecular flexibility index (Phi) is 4.79. The van der Waals surface area contributed by atoms with E-state index in [4.69, 9.17) is 10.8 Å². The molecule has 0 radical (unpaired) electrons. The van der Waals surface area contributed by atoms with Crippen LogP contribution in [0, 0.1) is 17.3 Å². The second-order valence-electron chi connectivity index (χ2n) is 7.61. The molecule has 1 fully saturated rings. The Labute approximate surface area is 157 Å². The van der Waals surface area contributed by atoms with E-state index in [0.29, 0.717) is 11.3 Å². The summed E-state index contributed by atoms with van der Waals surface area (Å²) in [4.78, 5) is 12.6. The summed E-state index contributed by atoms with van der Waals surface area (Å²) in [6.45, 7) is 7.12. The Morgan fingerprint density at radius 1 is 1.12 bits per heavy atom. The van der Waals surface area contributed by atoms with Gasteiger partial charge in [-0.05, 0) is 55.0 Å². The average molecular weight is 351 g/mol. The van der Waals surface area contributed by atoms with Gasteiger partial charge in [0.05, 0.1) is 7.29 Å². The summed E-state index contributed by atoms with van der Waals surface area (Å²) in [7, 11) is 0. The fourth-order valence-corrected chi connectivity index (χ4v) is 3.27. The monoisotopic (exact) mass is 351 g/mol. The number of esters is 1. The molecule has 3 nitrogen and oxygen atoms in total. The Balaban J connectivity index is 1.66. The number of rotatable bonds is 6. The fourth-order valence-electron chi connectivity index (χ4n) is 3.27. The van der Waals surface area contributed by atoms with Crippen molar-refractivity contribution in [3.05, 3.63) is 71.8 Å². The van der Waals surface area contributed by atoms with E-state index in [1.807, 2.05) is 50.2 Å². The SMILES string of the molecule is [2H]C(OC(=O)[C@@H]1[C@@H](C=C(C)C)C1(C)C)c1cccc(Oc2ccccc2)c1. The second-order valence-corrected chi connectivity index (χ2v) is 7.61. The smallest absolute Gasteiger partial charge is 0.310 e. The van der Waals surface area contributed by atoms with Crippen molar-refractivity contribution in [2.75, 3.05) is 0 Å². The molecular formula is C23H26O3. The van der Waals surface area contributed by atoms with E-state index in [0.717, 1.165) is 5.75 Å². The van der Waals surface area contributed by atoms with Gasteiger partial charge < -0.3 is 9.47 Å². The summed E-state index contributed by atoms with van der Waals surface area (Å²) in [6, 6.07) is 16.6. The van der Waals surface area contributed by atoms with Gasteiger partial charge in [0.1, 0.15) is 18.1 Å². The van der Waals surface area contributed by atoms with E-state index in [1.54, 1.807) is 18.2 Å². The Hall–Kier alpha value is -2.55. The van der Waals surface area contributed by atoms with Crippen LogP contribution in [0.25, 0.3) is 0 Å². The first-order valence-corrected chi connectivity index (χ1v) is 8.89. The van der Waals surface area contributed by atoms with Crippen LogP contribution in [0.1, 0.15) is 34.6 Å². The molecule has 3 heteroatoms. The van der Waals surface area contributed by atoms with E-state index in [9.17, 15) is 4.79 Å². The molecule has 0 aromatic heterocycles. The second kappa shape index (κ2) is 7.36. The number of hydrogen-bond donors (Lipinski definition) is 0. The molecule has 3 atom stereocenters. The third-order valence-corrected chi connectivity index (χ3v) is 4.83. The van der Waals surface area contributed by atoms with Crippen molar-refractivity contribution in [2.45, 2.75) is 34.3 Å². The maximum absolute atomic E-state index is 12.6. The van der Waals surface area contributed by atoms with Crippen LogP contribution < -0.4 is 4.74 Å². The molecule has 1 aliphatic carbocycles. The van der Waals surface area contributed by atoms with Gasteiger partial charge >= 0.3 is 5.97 Å². The molecule has 136 valence electrons. The lowest BCUT2D eigenvalue weighted by molar-refractivity contribution is -0.147.